The van der Waals surface area contributed by atoms with Crippen LogP contribution in [0.15, 0.2) is 67.1 Å². The number of hydrogen-bond donors (Lipinski definition) is 1. The van der Waals surface area contributed by atoms with Crippen LogP contribution in [0.4, 0.5) is 5.82 Å². The number of hydrogen-bond acceptors (Lipinski definition) is 5. The summed E-state index contributed by atoms with van der Waals surface area (Å²) >= 11 is 0. The summed E-state index contributed by atoms with van der Waals surface area (Å²) in [4.78, 5) is 11.7. The van der Waals surface area contributed by atoms with Crippen LogP contribution in [0.3, 0.4) is 0 Å². The maximum absolute atomic E-state index is 4.68. The number of nitrogens with zero attached hydrogens (tertiary/aromatic N) is 5. The van der Waals surface area contributed by atoms with E-state index in [1.165, 1.54) is 5.56 Å². The second kappa shape index (κ2) is 7.89. The number of nitrogens with one attached hydrogen (secondary N) is 1. The highest BCUT2D eigenvalue weighted by Crippen LogP contribution is 2.35. The topological polar surface area (TPSA) is 49.2 Å². The van der Waals surface area contributed by atoms with Gasteiger partial charge in [0.2, 0.25) is 0 Å². The Hall–Kier alpha value is -3.22. The second-order valence-electron chi connectivity index (χ2n) is 7.94. The highest BCUT2D eigenvalue weighted by atomic mass is 15.5. The summed E-state index contributed by atoms with van der Waals surface area (Å²) in [6.45, 7) is 6.10. The first-order valence-electron chi connectivity index (χ1n) is 10.4. The predicted molar refractivity (Wildman–Crippen MR) is 122 cm³/mol. The van der Waals surface area contributed by atoms with Crippen molar-refractivity contribution in [3.63, 3.8) is 0 Å². The molecule has 0 atom stereocenters. The summed E-state index contributed by atoms with van der Waals surface area (Å²) in [5.41, 5.74) is 9.10. The van der Waals surface area contributed by atoms with E-state index in [1.54, 1.807) is 6.33 Å². The van der Waals surface area contributed by atoms with E-state index in [2.05, 4.69) is 98.6 Å². The largest absolute Gasteiger partial charge is 0.304 e. The van der Waals surface area contributed by atoms with Crippen LogP contribution in [0.5, 0.6) is 0 Å². The number of rotatable bonds is 4. The Labute approximate surface area is 176 Å². The van der Waals surface area contributed by atoms with Crippen molar-refractivity contribution in [1.29, 1.82) is 0 Å². The first-order chi connectivity index (χ1) is 14.7. The Morgan fingerprint density at radius 3 is 2.33 bits per heavy atom. The van der Waals surface area contributed by atoms with Gasteiger partial charge in [-0.15, -0.1) is 0 Å². The molecule has 30 heavy (non-hydrogen) atoms. The lowest BCUT2D eigenvalue weighted by molar-refractivity contribution is 0.178. The Bertz CT molecular complexity index is 1140. The molecule has 1 aliphatic rings. The minimum atomic E-state index is 0.856. The molecule has 1 aliphatic heterocycles. The molecule has 0 amide bonds. The molecule has 0 spiro atoms. The van der Waals surface area contributed by atoms with Gasteiger partial charge in [0.15, 0.2) is 11.5 Å². The first kappa shape index (κ1) is 18.8. The van der Waals surface area contributed by atoms with E-state index in [0.29, 0.717) is 0 Å². The summed E-state index contributed by atoms with van der Waals surface area (Å²) < 4.78 is 2.16. The molecule has 0 aliphatic carbocycles. The third-order valence-corrected chi connectivity index (χ3v) is 5.75. The quantitative estimate of drug-likeness (QED) is 0.564. The summed E-state index contributed by atoms with van der Waals surface area (Å²) in [6, 6.07) is 19.0. The Kier molecular flexibility index (Phi) is 4.94. The highest BCUT2D eigenvalue weighted by molar-refractivity contribution is 6.02. The molecule has 1 fully saturated rings. The van der Waals surface area contributed by atoms with Gasteiger partial charge in [0.05, 0.1) is 5.39 Å². The fourth-order valence-corrected chi connectivity index (χ4v) is 3.95. The maximum atomic E-state index is 4.68. The fourth-order valence-electron chi connectivity index (χ4n) is 3.95. The third-order valence-electron chi connectivity index (χ3n) is 5.75. The van der Waals surface area contributed by atoms with Crippen molar-refractivity contribution in [3.05, 3.63) is 72.7 Å². The van der Waals surface area contributed by atoms with Gasteiger partial charge in [-0.05, 0) is 31.7 Å². The Morgan fingerprint density at radius 2 is 1.60 bits per heavy atom. The van der Waals surface area contributed by atoms with Crippen molar-refractivity contribution >= 4 is 16.9 Å². The molecule has 152 valence electrons. The Balaban J connectivity index is 1.65. The monoisotopic (exact) mass is 398 g/mol. The normalized spacial score (nSPS) is 15.5. The summed E-state index contributed by atoms with van der Waals surface area (Å²) in [7, 11) is 2.16. The predicted octanol–water partition coefficient (Wildman–Crippen LogP) is 3.97. The Morgan fingerprint density at radius 1 is 0.867 bits per heavy atom. The molecule has 0 saturated carbocycles. The summed E-state index contributed by atoms with van der Waals surface area (Å²) in [6.07, 6.45) is 3.83. The second-order valence-corrected chi connectivity index (χ2v) is 7.94. The third kappa shape index (κ3) is 3.56. The van der Waals surface area contributed by atoms with Crippen LogP contribution >= 0.6 is 0 Å². The summed E-state index contributed by atoms with van der Waals surface area (Å²) in [5, 5.41) is 3.29. The van der Waals surface area contributed by atoms with Gasteiger partial charge in [0.1, 0.15) is 6.33 Å². The number of aromatic nitrogens is 3. The van der Waals surface area contributed by atoms with Gasteiger partial charge in [-0.3, -0.25) is 0 Å². The van der Waals surface area contributed by atoms with Crippen LogP contribution in [-0.2, 0) is 0 Å². The molecule has 6 nitrogen and oxygen atoms in total. The lowest BCUT2D eigenvalue weighted by Gasteiger charge is -2.32. The van der Waals surface area contributed by atoms with Crippen molar-refractivity contribution in [3.8, 4) is 16.8 Å². The van der Waals surface area contributed by atoms with E-state index < -0.39 is 0 Å². The molecule has 4 aromatic rings. The van der Waals surface area contributed by atoms with E-state index in [9.17, 15) is 0 Å². The number of hydrazine groups is 1. The van der Waals surface area contributed by atoms with E-state index in [-0.39, 0.29) is 0 Å². The van der Waals surface area contributed by atoms with Crippen LogP contribution in [0.25, 0.3) is 27.8 Å². The molecule has 2 aromatic heterocycles. The van der Waals surface area contributed by atoms with Gasteiger partial charge in [-0.1, -0.05) is 48.0 Å². The molecule has 1 saturated heterocycles. The van der Waals surface area contributed by atoms with Gasteiger partial charge in [-0.25, -0.2) is 15.0 Å². The van der Waals surface area contributed by atoms with Crippen LogP contribution in [0.2, 0.25) is 0 Å². The van der Waals surface area contributed by atoms with Crippen LogP contribution in [-0.4, -0.2) is 57.7 Å². The first-order valence-corrected chi connectivity index (χ1v) is 10.4. The van der Waals surface area contributed by atoms with Gasteiger partial charge in [0, 0.05) is 43.6 Å². The number of benzene rings is 2. The highest BCUT2D eigenvalue weighted by Gasteiger charge is 2.20. The minimum Gasteiger partial charge on any atom is -0.304 e. The molecule has 0 radical (unpaired) electrons. The lowest BCUT2D eigenvalue weighted by Crippen LogP contribution is -2.47. The lowest BCUT2D eigenvalue weighted by atomic mass is 10.1. The number of piperazine rings is 1. The molecule has 3 heterocycles. The van der Waals surface area contributed by atoms with Crippen molar-refractivity contribution in [2.75, 3.05) is 38.7 Å². The number of likely N-dealkylation sites (N-methyl/N-ethyl adjacent to an activating group) is 1. The fraction of sp³-hybridized carbons (Fsp3) is 0.250. The molecule has 2 aromatic carbocycles. The number of anilines is 1. The zero-order chi connectivity index (χ0) is 20.5. The number of fused-ring (bicyclic) bond motifs is 1. The summed E-state index contributed by atoms with van der Waals surface area (Å²) in [5.74, 6) is 0.856. The van der Waals surface area contributed by atoms with E-state index >= 15 is 0 Å². The molecule has 6 heteroatoms. The van der Waals surface area contributed by atoms with Crippen LogP contribution in [0.1, 0.15) is 5.56 Å². The van der Waals surface area contributed by atoms with Crippen molar-refractivity contribution in [1.82, 2.24) is 24.4 Å². The smallest absolute Gasteiger partial charge is 0.153 e. The molecule has 0 unspecified atom stereocenters. The SMILES string of the molecule is Cc1ccc(-n2cc(-c3ccccc3)c3c(NN4CCN(C)CC4)ncnc32)cc1. The molecular weight excluding hydrogens is 372 g/mol. The molecule has 5 rings (SSSR count). The van der Waals surface area contributed by atoms with Crippen molar-refractivity contribution < 1.29 is 0 Å². The van der Waals surface area contributed by atoms with E-state index in [1.807, 2.05) is 6.07 Å². The standard InChI is InChI=1S/C24H26N6/c1-18-8-10-20(11-9-18)30-16-21(19-6-4-3-5-7-19)22-23(25-17-26-24(22)30)27-29-14-12-28(2)13-15-29/h3-11,16-17H,12-15H2,1-2H3,(H,25,26,27). The van der Waals surface area contributed by atoms with Crippen LogP contribution in [0, 0.1) is 6.92 Å². The van der Waals surface area contributed by atoms with Gasteiger partial charge in [-0.2, -0.15) is 0 Å². The van der Waals surface area contributed by atoms with Gasteiger partial charge in [0.25, 0.3) is 0 Å². The maximum Gasteiger partial charge on any atom is 0.153 e. The van der Waals surface area contributed by atoms with Crippen molar-refractivity contribution in [2.24, 2.45) is 0 Å². The zero-order valence-corrected chi connectivity index (χ0v) is 17.4. The van der Waals surface area contributed by atoms with Gasteiger partial charge < -0.3 is 14.9 Å². The molecule has 0 bridgehead atoms. The minimum absolute atomic E-state index is 0.856. The number of aryl methyl sites for hydroxylation is 1. The van der Waals surface area contributed by atoms with Gasteiger partial charge >= 0.3 is 0 Å². The van der Waals surface area contributed by atoms with E-state index in [4.69, 9.17) is 0 Å². The zero-order valence-electron chi connectivity index (χ0n) is 17.4. The van der Waals surface area contributed by atoms with Crippen molar-refractivity contribution in [2.45, 2.75) is 6.92 Å². The van der Waals surface area contributed by atoms with E-state index in [0.717, 1.165) is 59.8 Å². The molecule has 1 N–H and O–H groups in total. The average Bonchev–Trinajstić information content (AvgIpc) is 3.17. The average molecular weight is 399 g/mol. The molecular formula is C24H26N6. The van der Waals surface area contributed by atoms with Crippen LogP contribution < -0.4 is 5.43 Å².